The zero-order chi connectivity index (χ0) is 51.0. The smallest absolute Gasteiger partial charge is 0.245 e. The van der Waals surface area contributed by atoms with Crippen LogP contribution in [0.25, 0.3) is 0 Å². The summed E-state index contributed by atoms with van der Waals surface area (Å²) in [6, 6.07) is 11.6. The summed E-state index contributed by atoms with van der Waals surface area (Å²) in [7, 11) is 0. The van der Waals surface area contributed by atoms with Crippen LogP contribution in [-0.4, -0.2) is 131 Å². The Morgan fingerprint density at radius 2 is 1.07 bits per heavy atom. The maximum atomic E-state index is 13.7. The lowest BCUT2D eigenvalue weighted by molar-refractivity contribution is -0.135. The molecule has 0 aromatic heterocycles. The fraction of sp³-hybridized carbons (Fsp3) is 0.413. The number of aliphatic hydroxyl groups is 1. The van der Waals surface area contributed by atoms with Gasteiger partial charge >= 0.3 is 0 Å². The van der Waals surface area contributed by atoms with Gasteiger partial charge in [-0.25, -0.2) is 0 Å². The van der Waals surface area contributed by atoms with Crippen molar-refractivity contribution < 1.29 is 58.5 Å². The number of aromatic hydroxyl groups is 2. The molecule has 0 saturated heterocycles. The number of amides is 9. The minimum absolute atomic E-state index is 0.00890. The van der Waals surface area contributed by atoms with Crippen LogP contribution in [0.4, 0.5) is 0 Å². The molecule has 0 radical (unpaired) electrons. The normalized spacial score (nSPS) is 13.4. The monoisotopic (exact) mass is 980 g/mol. The van der Waals surface area contributed by atoms with E-state index in [0.29, 0.717) is 35.4 Å². The molecule has 0 bridgehead atoms. The molecule has 0 heterocycles. The average Bonchev–Trinajstić information content (AvgIpc) is 3.30. The third-order valence-corrected chi connectivity index (χ3v) is 10.6. The highest BCUT2D eigenvalue weighted by atomic mass is 35.5. The molecular formula is C46H61ClN10O12. The van der Waals surface area contributed by atoms with E-state index in [1.165, 1.54) is 62.4 Å². The second-order valence-corrected chi connectivity index (χ2v) is 16.5. The number of hydrogen-bond donors (Lipinski definition) is 13. The van der Waals surface area contributed by atoms with E-state index in [9.17, 15) is 58.5 Å². The predicted molar refractivity (Wildman–Crippen MR) is 252 cm³/mol. The molecule has 69 heavy (non-hydrogen) atoms. The zero-order valence-corrected chi connectivity index (χ0v) is 39.0. The fourth-order valence-electron chi connectivity index (χ4n) is 6.55. The van der Waals surface area contributed by atoms with E-state index in [0.717, 1.165) is 5.56 Å². The number of aliphatic hydroxyl groups excluding tert-OH is 1. The van der Waals surface area contributed by atoms with Crippen molar-refractivity contribution in [2.45, 2.75) is 95.1 Å². The first-order valence-electron chi connectivity index (χ1n) is 22.0. The minimum Gasteiger partial charge on any atom is -0.508 e. The third kappa shape index (κ3) is 21.0. The number of halogens is 1. The number of aryl methyl sites for hydroxylation is 1. The summed E-state index contributed by atoms with van der Waals surface area (Å²) >= 11 is 5.95. The molecule has 0 aliphatic rings. The Kier molecular flexibility index (Phi) is 23.4. The highest BCUT2D eigenvalue weighted by molar-refractivity contribution is 6.30. The summed E-state index contributed by atoms with van der Waals surface area (Å²) in [6.07, 6.45) is -0.623. The first-order valence-corrected chi connectivity index (χ1v) is 22.4. The van der Waals surface area contributed by atoms with Gasteiger partial charge in [-0.15, -0.1) is 0 Å². The van der Waals surface area contributed by atoms with E-state index in [-0.39, 0.29) is 50.3 Å². The van der Waals surface area contributed by atoms with Gasteiger partial charge in [0, 0.05) is 37.8 Å². The van der Waals surface area contributed by atoms with Crippen molar-refractivity contribution in [1.82, 2.24) is 42.5 Å². The quantitative estimate of drug-likeness (QED) is 0.0349. The van der Waals surface area contributed by atoms with E-state index >= 15 is 0 Å². The van der Waals surface area contributed by atoms with Crippen LogP contribution in [0.1, 0.15) is 56.2 Å². The molecule has 0 saturated carbocycles. The number of nitrogens with two attached hydrogens (primary N) is 2. The summed E-state index contributed by atoms with van der Waals surface area (Å²) < 4.78 is 0. The van der Waals surface area contributed by atoms with Crippen molar-refractivity contribution in [1.29, 1.82) is 0 Å². The van der Waals surface area contributed by atoms with Crippen LogP contribution in [-0.2, 0) is 62.4 Å². The number of carbonyl (C=O) groups excluding carboxylic acids is 9. The van der Waals surface area contributed by atoms with Crippen LogP contribution < -0.4 is 54.0 Å². The van der Waals surface area contributed by atoms with Gasteiger partial charge in [0.05, 0.1) is 19.2 Å². The number of rotatable bonds is 28. The summed E-state index contributed by atoms with van der Waals surface area (Å²) in [4.78, 5) is 117. The Balaban J connectivity index is 1.68. The molecule has 22 nitrogen and oxygen atoms in total. The Morgan fingerprint density at radius 3 is 1.59 bits per heavy atom. The predicted octanol–water partition coefficient (Wildman–Crippen LogP) is -2.04. The van der Waals surface area contributed by atoms with Gasteiger partial charge in [-0.1, -0.05) is 48.0 Å². The van der Waals surface area contributed by atoms with E-state index in [4.69, 9.17) is 23.1 Å². The molecule has 0 fully saturated rings. The van der Waals surface area contributed by atoms with Gasteiger partial charge in [0.25, 0.3) is 0 Å². The summed E-state index contributed by atoms with van der Waals surface area (Å²) in [5.74, 6) is -7.25. The molecule has 0 aliphatic heterocycles. The van der Waals surface area contributed by atoms with Gasteiger partial charge in [0.1, 0.15) is 41.7 Å². The van der Waals surface area contributed by atoms with Gasteiger partial charge in [-0.05, 0) is 92.2 Å². The molecule has 374 valence electrons. The summed E-state index contributed by atoms with van der Waals surface area (Å²) in [5, 5.41) is 50.0. The van der Waals surface area contributed by atoms with Gasteiger partial charge in [-0.2, -0.15) is 0 Å². The lowest BCUT2D eigenvalue weighted by Gasteiger charge is -2.25. The lowest BCUT2D eigenvalue weighted by atomic mass is 10.0. The van der Waals surface area contributed by atoms with Gasteiger partial charge in [0.15, 0.2) is 0 Å². The fourth-order valence-corrected chi connectivity index (χ4v) is 6.68. The Bertz CT molecular complexity index is 2230. The van der Waals surface area contributed by atoms with Crippen molar-refractivity contribution in [3.05, 3.63) is 94.5 Å². The maximum absolute atomic E-state index is 13.7. The molecule has 3 aromatic rings. The highest BCUT2D eigenvalue weighted by Crippen LogP contribution is 2.14. The zero-order valence-electron chi connectivity index (χ0n) is 38.2. The number of phenolic OH excluding ortho intramolecular Hbond substituents is 2. The molecule has 2 unspecified atom stereocenters. The second-order valence-electron chi connectivity index (χ2n) is 16.1. The first kappa shape index (κ1) is 56.0. The molecule has 3 aromatic carbocycles. The van der Waals surface area contributed by atoms with E-state index in [2.05, 4.69) is 42.5 Å². The van der Waals surface area contributed by atoms with Gasteiger partial charge in [0.2, 0.25) is 53.2 Å². The topological polar surface area (TPSA) is 363 Å². The summed E-state index contributed by atoms with van der Waals surface area (Å²) in [6.45, 7) is 0.942. The van der Waals surface area contributed by atoms with E-state index < -0.39 is 103 Å². The summed E-state index contributed by atoms with van der Waals surface area (Å²) in [5.41, 5.74) is 13.0. The van der Waals surface area contributed by atoms with Crippen LogP contribution in [0.3, 0.4) is 0 Å². The third-order valence-electron chi connectivity index (χ3n) is 10.3. The van der Waals surface area contributed by atoms with Crippen LogP contribution in [0, 0.1) is 0 Å². The largest absolute Gasteiger partial charge is 0.508 e. The standard InChI is InChI=1S/C46H61ClN10O12/c1-26(58)41(46(69)52-25-40(64)54-35(42(49)65)21-29-8-15-32(60)16-9-29)57-44(67)34(5-3-4-20-48)53-39(63)24-51-43(66)36(22-30-10-17-33(61)18-11-30)56-45(68)37(23-50-27(2)59)55-38(62)19-12-28-6-13-31(47)14-7-28/h6-11,13-18,26,34-37,41,58,60-61H,3-5,12,19-25,48H2,1-2H3,(H2,49,65)(H,50,59)(H,51,66)(H,52,69)(H,53,63)(H,54,64)(H,55,62)(H,56,68)(H,57,67)/t26?,34-,35+,36-,37+,41?/m0/s1. The Labute approximate surface area is 403 Å². The second kappa shape index (κ2) is 28.8. The van der Waals surface area contributed by atoms with E-state index in [1.54, 1.807) is 24.3 Å². The number of benzene rings is 3. The molecule has 0 spiro atoms. The molecule has 0 aliphatic carbocycles. The molecule has 6 atom stereocenters. The van der Waals surface area contributed by atoms with Crippen LogP contribution in [0.15, 0.2) is 72.8 Å². The Hall–Kier alpha value is -7.30. The highest BCUT2D eigenvalue weighted by Gasteiger charge is 2.32. The average molecular weight is 982 g/mol. The van der Waals surface area contributed by atoms with Crippen LogP contribution in [0.2, 0.25) is 5.02 Å². The number of carbonyl (C=O) groups is 9. The minimum atomic E-state index is -1.63. The number of phenols is 2. The molecule has 15 N–H and O–H groups in total. The van der Waals surface area contributed by atoms with E-state index in [1.807, 2.05) is 0 Å². The SMILES string of the molecule is CC(=O)NC[C@@H](NC(=O)CCc1ccc(Cl)cc1)C(=O)N[C@@H](Cc1ccc(O)cc1)C(=O)NCC(=O)N[C@@H](CCCCN)C(=O)NC(C(=O)NCC(=O)N[C@H](Cc1ccc(O)cc1)C(N)=O)C(C)O. The first-order chi connectivity index (χ1) is 32.7. The van der Waals surface area contributed by atoms with Crippen molar-refractivity contribution >= 4 is 64.8 Å². The van der Waals surface area contributed by atoms with Crippen molar-refractivity contribution in [2.75, 3.05) is 26.2 Å². The van der Waals surface area contributed by atoms with Crippen molar-refractivity contribution in [3.63, 3.8) is 0 Å². The van der Waals surface area contributed by atoms with Crippen LogP contribution in [0.5, 0.6) is 11.5 Å². The van der Waals surface area contributed by atoms with Crippen molar-refractivity contribution in [3.8, 4) is 11.5 Å². The number of primary amides is 1. The Morgan fingerprint density at radius 1 is 0.580 bits per heavy atom. The number of nitrogens with one attached hydrogen (secondary N) is 8. The molecule has 9 amide bonds. The van der Waals surface area contributed by atoms with Crippen molar-refractivity contribution in [2.24, 2.45) is 11.5 Å². The molecular weight excluding hydrogens is 920 g/mol. The lowest BCUT2D eigenvalue weighted by Crippen LogP contribution is -2.59. The maximum Gasteiger partial charge on any atom is 0.245 e. The molecule has 3 rings (SSSR count). The van der Waals surface area contributed by atoms with Gasteiger partial charge in [-0.3, -0.25) is 43.2 Å². The van der Waals surface area contributed by atoms with Gasteiger partial charge < -0.3 is 69.3 Å². The number of unbranched alkanes of at least 4 members (excludes halogenated alkanes) is 1. The number of hydrogen-bond acceptors (Lipinski definition) is 13. The molecule has 23 heteroatoms. The van der Waals surface area contributed by atoms with Crippen LogP contribution >= 0.6 is 11.6 Å².